The van der Waals surface area contributed by atoms with Crippen molar-refractivity contribution >= 4 is 21.6 Å². The number of amides is 1. The van der Waals surface area contributed by atoms with Crippen LogP contribution in [0.4, 0.5) is 5.69 Å². The van der Waals surface area contributed by atoms with Crippen molar-refractivity contribution in [1.82, 2.24) is 5.32 Å². The molecule has 3 aromatic carbocycles. The number of ether oxygens (including phenoxy) is 2. The second-order valence-electron chi connectivity index (χ2n) is 6.99. The van der Waals surface area contributed by atoms with E-state index in [-0.39, 0.29) is 24.6 Å². The normalized spacial score (nSPS) is 10.9. The van der Waals surface area contributed by atoms with E-state index in [9.17, 15) is 13.2 Å². The van der Waals surface area contributed by atoms with Gasteiger partial charge in [0.15, 0.2) is 0 Å². The predicted octanol–water partition coefficient (Wildman–Crippen LogP) is 3.39. The number of benzene rings is 3. The lowest BCUT2D eigenvalue weighted by Gasteiger charge is -2.24. The Labute approximate surface area is 188 Å². The van der Waals surface area contributed by atoms with E-state index in [1.54, 1.807) is 42.5 Å². The summed E-state index contributed by atoms with van der Waals surface area (Å²) in [5.41, 5.74) is 1.40. The van der Waals surface area contributed by atoms with Crippen LogP contribution in [0.25, 0.3) is 0 Å². The molecule has 0 aliphatic rings. The Hall–Kier alpha value is -3.52. The summed E-state index contributed by atoms with van der Waals surface area (Å²) >= 11 is 0. The quantitative estimate of drug-likeness (QED) is 0.475. The summed E-state index contributed by atoms with van der Waals surface area (Å²) in [6, 6.07) is 22.2. The van der Waals surface area contributed by atoms with Crippen molar-refractivity contribution in [3.8, 4) is 11.5 Å². The number of para-hydroxylation sites is 2. The first-order valence-corrected chi connectivity index (χ1v) is 11.5. The highest BCUT2D eigenvalue weighted by Crippen LogP contribution is 2.24. The van der Waals surface area contributed by atoms with E-state index in [2.05, 4.69) is 5.32 Å². The number of methoxy groups -OCH3 is 1. The lowest BCUT2D eigenvalue weighted by Crippen LogP contribution is -2.41. The van der Waals surface area contributed by atoms with Crippen molar-refractivity contribution in [2.45, 2.75) is 11.8 Å². The average Bonchev–Trinajstić information content (AvgIpc) is 2.82. The number of aryl methyl sites for hydroxylation is 1. The molecule has 0 bridgehead atoms. The molecule has 0 radical (unpaired) electrons. The van der Waals surface area contributed by atoms with Gasteiger partial charge in [-0.25, -0.2) is 8.42 Å². The van der Waals surface area contributed by atoms with E-state index >= 15 is 0 Å². The monoisotopic (exact) mass is 454 g/mol. The van der Waals surface area contributed by atoms with Crippen LogP contribution in [0.5, 0.6) is 11.5 Å². The summed E-state index contributed by atoms with van der Waals surface area (Å²) in [5, 5.41) is 2.72. The Morgan fingerprint density at radius 1 is 0.938 bits per heavy atom. The number of nitrogens with one attached hydrogen (secondary N) is 1. The zero-order valence-corrected chi connectivity index (χ0v) is 18.8. The number of anilines is 1. The van der Waals surface area contributed by atoms with Crippen molar-refractivity contribution in [3.05, 3.63) is 84.4 Å². The van der Waals surface area contributed by atoms with Crippen molar-refractivity contribution < 1.29 is 22.7 Å². The molecule has 1 N–H and O–H groups in total. The van der Waals surface area contributed by atoms with Gasteiger partial charge in [-0.2, -0.15) is 0 Å². The first kappa shape index (κ1) is 23.1. The van der Waals surface area contributed by atoms with Gasteiger partial charge in [-0.3, -0.25) is 9.10 Å². The Bertz CT molecular complexity index is 1130. The second-order valence-corrected chi connectivity index (χ2v) is 8.85. The van der Waals surface area contributed by atoms with Gasteiger partial charge in [0, 0.05) is 0 Å². The van der Waals surface area contributed by atoms with Crippen LogP contribution in [0.2, 0.25) is 0 Å². The first-order valence-electron chi connectivity index (χ1n) is 10.1. The van der Waals surface area contributed by atoms with E-state index in [1.165, 1.54) is 19.2 Å². The predicted molar refractivity (Wildman–Crippen MR) is 124 cm³/mol. The fourth-order valence-corrected chi connectivity index (χ4v) is 4.46. The van der Waals surface area contributed by atoms with E-state index in [1.807, 2.05) is 31.2 Å². The number of hydrogen-bond acceptors (Lipinski definition) is 5. The fourth-order valence-electron chi connectivity index (χ4n) is 3.04. The molecule has 32 heavy (non-hydrogen) atoms. The van der Waals surface area contributed by atoms with Gasteiger partial charge in [0.1, 0.15) is 24.7 Å². The third kappa shape index (κ3) is 5.79. The van der Waals surface area contributed by atoms with Crippen LogP contribution >= 0.6 is 0 Å². The molecule has 0 heterocycles. The number of carbonyl (C=O) groups excluding carboxylic acids is 1. The number of rotatable bonds is 10. The molecule has 168 valence electrons. The SMILES string of the molecule is COc1ccc(S(=O)(=O)N(CC(=O)NCCOc2ccccc2C)c2ccccc2)cc1. The summed E-state index contributed by atoms with van der Waals surface area (Å²) in [6.07, 6.45) is 0. The summed E-state index contributed by atoms with van der Waals surface area (Å²) < 4.78 is 38.5. The van der Waals surface area contributed by atoms with E-state index in [4.69, 9.17) is 9.47 Å². The van der Waals surface area contributed by atoms with Crippen molar-refractivity contribution in [2.75, 3.05) is 31.1 Å². The summed E-state index contributed by atoms with van der Waals surface area (Å²) in [4.78, 5) is 12.7. The smallest absolute Gasteiger partial charge is 0.264 e. The van der Waals surface area contributed by atoms with Gasteiger partial charge < -0.3 is 14.8 Å². The molecule has 0 saturated heterocycles. The molecule has 3 rings (SSSR count). The van der Waals surface area contributed by atoms with Gasteiger partial charge in [-0.15, -0.1) is 0 Å². The lowest BCUT2D eigenvalue weighted by molar-refractivity contribution is -0.119. The van der Waals surface area contributed by atoms with Gasteiger partial charge in [-0.05, 0) is 55.0 Å². The zero-order valence-electron chi connectivity index (χ0n) is 18.0. The maximum Gasteiger partial charge on any atom is 0.264 e. The van der Waals surface area contributed by atoms with E-state index in [0.29, 0.717) is 11.4 Å². The highest BCUT2D eigenvalue weighted by molar-refractivity contribution is 7.92. The van der Waals surface area contributed by atoms with Gasteiger partial charge in [0.2, 0.25) is 5.91 Å². The molecule has 8 heteroatoms. The minimum absolute atomic E-state index is 0.0674. The molecule has 0 aliphatic carbocycles. The molecular weight excluding hydrogens is 428 g/mol. The molecule has 0 fully saturated rings. The molecule has 0 spiro atoms. The van der Waals surface area contributed by atoms with Gasteiger partial charge in [0.25, 0.3) is 10.0 Å². The van der Waals surface area contributed by atoms with Crippen molar-refractivity contribution in [3.63, 3.8) is 0 Å². The lowest BCUT2D eigenvalue weighted by atomic mass is 10.2. The molecule has 0 unspecified atom stereocenters. The molecule has 1 amide bonds. The van der Waals surface area contributed by atoms with E-state index in [0.717, 1.165) is 15.6 Å². The molecule has 0 atom stereocenters. The summed E-state index contributed by atoms with van der Waals surface area (Å²) in [6.45, 7) is 2.10. The van der Waals surface area contributed by atoms with Crippen LogP contribution in [0.3, 0.4) is 0 Å². The van der Waals surface area contributed by atoms with Gasteiger partial charge in [0.05, 0.1) is 24.2 Å². The van der Waals surface area contributed by atoms with E-state index < -0.39 is 15.9 Å². The Kier molecular flexibility index (Phi) is 7.72. The maximum atomic E-state index is 13.3. The van der Waals surface area contributed by atoms with Crippen LogP contribution in [0, 0.1) is 6.92 Å². The fraction of sp³-hybridized carbons (Fsp3) is 0.208. The second kappa shape index (κ2) is 10.7. The molecular formula is C24H26N2O5S. The number of nitrogens with zero attached hydrogens (tertiary/aromatic N) is 1. The highest BCUT2D eigenvalue weighted by Gasteiger charge is 2.27. The van der Waals surface area contributed by atoms with Gasteiger partial charge >= 0.3 is 0 Å². The molecule has 0 aliphatic heterocycles. The standard InChI is InChI=1S/C24H26N2O5S/c1-19-8-6-7-11-23(19)31-17-16-25-24(27)18-26(20-9-4-3-5-10-20)32(28,29)22-14-12-21(30-2)13-15-22/h3-15H,16-18H2,1-2H3,(H,25,27). The minimum Gasteiger partial charge on any atom is -0.497 e. The number of carbonyl (C=O) groups is 1. The Morgan fingerprint density at radius 3 is 2.25 bits per heavy atom. The van der Waals surface area contributed by atoms with Crippen molar-refractivity contribution in [1.29, 1.82) is 0 Å². The van der Waals surface area contributed by atoms with Crippen LogP contribution < -0.4 is 19.1 Å². The van der Waals surface area contributed by atoms with Crippen molar-refractivity contribution in [2.24, 2.45) is 0 Å². The molecule has 0 saturated carbocycles. The Morgan fingerprint density at radius 2 is 1.59 bits per heavy atom. The Balaban J connectivity index is 1.69. The summed E-state index contributed by atoms with van der Waals surface area (Å²) in [5.74, 6) is 0.857. The topological polar surface area (TPSA) is 84.9 Å². The van der Waals surface area contributed by atoms with Crippen LogP contribution in [0.1, 0.15) is 5.56 Å². The molecule has 0 aromatic heterocycles. The highest BCUT2D eigenvalue weighted by atomic mass is 32.2. The largest absolute Gasteiger partial charge is 0.497 e. The number of sulfonamides is 1. The first-order chi connectivity index (χ1) is 15.4. The third-order valence-corrected chi connectivity index (χ3v) is 6.54. The third-order valence-electron chi connectivity index (χ3n) is 4.75. The zero-order chi connectivity index (χ0) is 23.0. The molecule has 7 nitrogen and oxygen atoms in total. The van der Waals surface area contributed by atoms with Crippen LogP contribution in [0.15, 0.2) is 83.8 Å². The van der Waals surface area contributed by atoms with Crippen LogP contribution in [-0.2, 0) is 14.8 Å². The molecule has 3 aromatic rings. The van der Waals surface area contributed by atoms with Gasteiger partial charge in [-0.1, -0.05) is 36.4 Å². The maximum absolute atomic E-state index is 13.3. The average molecular weight is 455 g/mol. The van der Waals surface area contributed by atoms with Crippen LogP contribution in [-0.4, -0.2) is 41.1 Å². The minimum atomic E-state index is -3.97. The summed E-state index contributed by atoms with van der Waals surface area (Å²) in [7, 11) is -2.46. The number of hydrogen-bond donors (Lipinski definition) is 1.